The lowest BCUT2D eigenvalue weighted by Gasteiger charge is -2.29. The maximum atomic E-state index is 3.39. The number of piperazine rings is 1. The summed E-state index contributed by atoms with van der Waals surface area (Å²) < 4.78 is 0. The van der Waals surface area contributed by atoms with Crippen LogP contribution in [0.2, 0.25) is 0 Å². The van der Waals surface area contributed by atoms with Crippen molar-refractivity contribution in [2.24, 2.45) is 0 Å². The molecular weight excluding hydrogens is 206 g/mol. The number of hydrogen-bond acceptors (Lipinski definition) is 4. The zero-order chi connectivity index (χ0) is 10.9. The third-order valence-corrected chi connectivity index (χ3v) is 3.59. The van der Waals surface area contributed by atoms with E-state index in [1.54, 1.807) is 0 Å². The van der Waals surface area contributed by atoms with Gasteiger partial charge in [0.1, 0.15) is 0 Å². The van der Waals surface area contributed by atoms with Crippen molar-refractivity contribution in [1.29, 1.82) is 0 Å². The Morgan fingerprint density at radius 1 is 1.27 bits per heavy atom. The number of hydrogen-bond donors (Lipinski definition) is 1. The summed E-state index contributed by atoms with van der Waals surface area (Å²) in [5.74, 6) is 1.29. The molecule has 0 aliphatic carbocycles. The van der Waals surface area contributed by atoms with E-state index in [9.17, 15) is 0 Å². The maximum Gasteiger partial charge on any atom is 0.0110 e. The fourth-order valence-corrected chi connectivity index (χ4v) is 2.26. The van der Waals surface area contributed by atoms with Gasteiger partial charge in [-0.25, -0.2) is 0 Å². The molecule has 0 aromatic carbocycles. The molecule has 1 aliphatic heterocycles. The summed E-state index contributed by atoms with van der Waals surface area (Å²) in [7, 11) is 2.24. The van der Waals surface area contributed by atoms with E-state index in [-0.39, 0.29) is 0 Å². The summed E-state index contributed by atoms with van der Waals surface area (Å²) >= 11 is 1.94. The van der Waals surface area contributed by atoms with Crippen molar-refractivity contribution in [2.45, 2.75) is 6.42 Å². The molecule has 1 rings (SSSR count). The average Bonchev–Trinajstić information content (AvgIpc) is 2.28. The van der Waals surface area contributed by atoms with E-state index in [4.69, 9.17) is 0 Å². The van der Waals surface area contributed by atoms with Crippen molar-refractivity contribution in [3.63, 3.8) is 0 Å². The Morgan fingerprint density at radius 2 is 2.00 bits per heavy atom. The molecule has 1 aliphatic rings. The molecule has 0 saturated carbocycles. The maximum absolute atomic E-state index is 3.39. The molecule has 1 saturated heterocycles. The fraction of sp³-hybridized carbons (Fsp3) is 1.00. The van der Waals surface area contributed by atoms with Crippen molar-refractivity contribution < 1.29 is 0 Å². The van der Waals surface area contributed by atoms with Crippen molar-refractivity contribution in [2.75, 3.05) is 64.9 Å². The Bertz CT molecular complexity index is 149. The third-order valence-electron chi connectivity index (χ3n) is 2.90. The van der Waals surface area contributed by atoms with Crippen molar-refractivity contribution in [1.82, 2.24) is 15.1 Å². The number of rotatable bonds is 7. The first kappa shape index (κ1) is 13.3. The zero-order valence-electron chi connectivity index (χ0n) is 10.2. The molecule has 0 spiro atoms. The second-order valence-corrected chi connectivity index (χ2v) is 5.23. The molecule has 1 N–H and O–H groups in total. The van der Waals surface area contributed by atoms with Crippen molar-refractivity contribution in [3.8, 4) is 0 Å². The summed E-state index contributed by atoms with van der Waals surface area (Å²) in [6.45, 7) is 8.46. The standard InChI is InChI=1S/C11H25N3S/c1-13(6-3-11-15-2)9-10-14-7-4-12-5-8-14/h12H,3-11H2,1-2H3. The highest BCUT2D eigenvalue weighted by Crippen LogP contribution is 1.98. The van der Waals surface area contributed by atoms with Gasteiger partial charge >= 0.3 is 0 Å². The predicted octanol–water partition coefficient (Wildman–Crippen LogP) is 0.577. The first-order valence-corrected chi connectivity index (χ1v) is 7.33. The molecular formula is C11H25N3S. The molecule has 0 amide bonds. The Hall–Kier alpha value is 0.230. The van der Waals surface area contributed by atoms with Crippen LogP contribution in [0.15, 0.2) is 0 Å². The topological polar surface area (TPSA) is 18.5 Å². The smallest absolute Gasteiger partial charge is 0.0110 e. The Balaban J connectivity index is 1.97. The van der Waals surface area contributed by atoms with E-state index in [2.05, 4.69) is 28.4 Å². The number of likely N-dealkylation sites (N-methyl/N-ethyl adjacent to an activating group) is 1. The van der Waals surface area contributed by atoms with Gasteiger partial charge < -0.3 is 10.2 Å². The van der Waals surface area contributed by atoms with Crippen molar-refractivity contribution >= 4 is 11.8 Å². The van der Waals surface area contributed by atoms with Crippen LogP contribution >= 0.6 is 11.8 Å². The van der Waals surface area contributed by atoms with Crippen LogP contribution in [0.1, 0.15) is 6.42 Å². The van der Waals surface area contributed by atoms with Gasteiger partial charge in [0, 0.05) is 39.3 Å². The first-order chi connectivity index (χ1) is 7.33. The summed E-state index contributed by atoms with van der Waals surface area (Å²) in [6.07, 6.45) is 3.50. The van der Waals surface area contributed by atoms with E-state index >= 15 is 0 Å². The van der Waals surface area contributed by atoms with E-state index < -0.39 is 0 Å². The molecule has 0 radical (unpaired) electrons. The number of nitrogens with zero attached hydrogens (tertiary/aromatic N) is 2. The van der Waals surface area contributed by atoms with Crippen LogP contribution in [0, 0.1) is 0 Å². The molecule has 0 aromatic rings. The molecule has 0 unspecified atom stereocenters. The summed E-state index contributed by atoms with van der Waals surface area (Å²) in [5, 5.41) is 3.39. The Labute approximate surface area is 98.6 Å². The highest BCUT2D eigenvalue weighted by molar-refractivity contribution is 7.98. The van der Waals surface area contributed by atoms with Crippen LogP contribution in [0.3, 0.4) is 0 Å². The monoisotopic (exact) mass is 231 g/mol. The Kier molecular flexibility index (Phi) is 7.44. The van der Waals surface area contributed by atoms with Gasteiger partial charge in [-0.3, -0.25) is 4.90 Å². The lowest BCUT2D eigenvalue weighted by Crippen LogP contribution is -2.46. The molecule has 0 atom stereocenters. The van der Waals surface area contributed by atoms with Gasteiger partial charge in [-0.1, -0.05) is 0 Å². The van der Waals surface area contributed by atoms with Crippen molar-refractivity contribution in [3.05, 3.63) is 0 Å². The van der Waals surface area contributed by atoms with Crippen LogP contribution in [0.25, 0.3) is 0 Å². The third kappa shape index (κ3) is 6.40. The largest absolute Gasteiger partial charge is 0.314 e. The molecule has 4 heteroatoms. The quantitative estimate of drug-likeness (QED) is 0.646. The van der Waals surface area contributed by atoms with Crippen LogP contribution in [-0.4, -0.2) is 74.7 Å². The number of nitrogens with one attached hydrogen (secondary N) is 1. The summed E-state index contributed by atoms with van der Waals surface area (Å²) in [6, 6.07) is 0. The molecule has 15 heavy (non-hydrogen) atoms. The summed E-state index contributed by atoms with van der Waals surface area (Å²) in [4.78, 5) is 5.01. The minimum atomic E-state index is 1.16. The molecule has 0 bridgehead atoms. The van der Waals surface area contributed by atoms with Gasteiger partial charge in [0.15, 0.2) is 0 Å². The summed E-state index contributed by atoms with van der Waals surface area (Å²) in [5.41, 5.74) is 0. The molecule has 3 nitrogen and oxygen atoms in total. The van der Waals surface area contributed by atoms with E-state index in [1.807, 2.05) is 11.8 Å². The molecule has 0 aromatic heterocycles. The minimum Gasteiger partial charge on any atom is -0.314 e. The normalized spacial score (nSPS) is 18.6. The lowest BCUT2D eigenvalue weighted by atomic mass is 10.3. The van der Waals surface area contributed by atoms with Gasteiger partial charge in [0.05, 0.1) is 0 Å². The Morgan fingerprint density at radius 3 is 2.67 bits per heavy atom. The highest BCUT2D eigenvalue weighted by atomic mass is 32.2. The second kappa shape index (κ2) is 8.39. The SMILES string of the molecule is CSCCCN(C)CCN1CCNCC1. The fourth-order valence-electron chi connectivity index (χ4n) is 1.84. The predicted molar refractivity (Wildman–Crippen MR) is 69.8 cm³/mol. The van der Waals surface area contributed by atoms with Gasteiger partial charge in [-0.15, -0.1) is 0 Å². The second-order valence-electron chi connectivity index (χ2n) is 4.24. The molecule has 1 fully saturated rings. The molecule has 1 heterocycles. The first-order valence-electron chi connectivity index (χ1n) is 5.93. The highest BCUT2D eigenvalue weighted by Gasteiger charge is 2.09. The zero-order valence-corrected chi connectivity index (χ0v) is 11.0. The minimum absolute atomic E-state index is 1.16. The average molecular weight is 231 g/mol. The van der Waals surface area contributed by atoms with E-state index in [0.29, 0.717) is 0 Å². The van der Waals surface area contributed by atoms with E-state index in [0.717, 1.165) is 13.1 Å². The van der Waals surface area contributed by atoms with Crippen LogP contribution in [0.5, 0.6) is 0 Å². The van der Waals surface area contributed by atoms with Crippen LogP contribution in [-0.2, 0) is 0 Å². The van der Waals surface area contributed by atoms with E-state index in [1.165, 1.54) is 44.9 Å². The van der Waals surface area contributed by atoms with Gasteiger partial charge in [0.2, 0.25) is 0 Å². The lowest BCUT2D eigenvalue weighted by molar-refractivity contribution is 0.205. The number of thioether (sulfide) groups is 1. The molecule has 90 valence electrons. The van der Waals surface area contributed by atoms with Gasteiger partial charge in [0.25, 0.3) is 0 Å². The van der Waals surface area contributed by atoms with Gasteiger partial charge in [-0.2, -0.15) is 11.8 Å². The van der Waals surface area contributed by atoms with Gasteiger partial charge in [-0.05, 0) is 32.0 Å². The van der Waals surface area contributed by atoms with Crippen LogP contribution in [0.4, 0.5) is 0 Å². The van der Waals surface area contributed by atoms with Crippen LogP contribution < -0.4 is 5.32 Å².